The van der Waals surface area contributed by atoms with Gasteiger partial charge in [0.25, 0.3) is 0 Å². The van der Waals surface area contributed by atoms with E-state index in [0.29, 0.717) is 24.2 Å². The molecule has 1 saturated carbocycles. The summed E-state index contributed by atoms with van der Waals surface area (Å²) in [6.07, 6.45) is 0.936. The van der Waals surface area contributed by atoms with E-state index in [1.807, 2.05) is 32.0 Å². The van der Waals surface area contributed by atoms with E-state index in [9.17, 15) is 14.4 Å². The lowest BCUT2D eigenvalue weighted by Crippen LogP contribution is -2.36. The van der Waals surface area contributed by atoms with Crippen LogP contribution in [0.5, 0.6) is 0 Å². The predicted octanol–water partition coefficient (Wildman–Crippen LogP) is 3.45. The molecule has 2 aromatic rings. The monoisotopic (exact) mass is 366 g/mol. The number of aryl methyl sites for hydroxylation is 2. The van der Waals surface area contributed by atoms with Gasteiger partial charge in [-0.15, -0.1) is 0 Å². The molecule has 6 heteroatoms. The molecule has 1 aliphatic carbocycles. The van der Waals surface area contributed by atoms with Gasteiger partial charge in [0.05, 0.1) is 18.4 Å². The van der Waals surface area contributed by atoms with Crippen molar-refractivity contribution in [3.05, 3.63) is 59.2 Å². The number of para-hydroxylation sites is 1. The maximum atomic E-state index is 12.8. The van der Waals surface area contributed by atoms with Crippen LogP contribution >= 0.6 is 0 Å². The van der Waals surface area contributed by atoms with Crippen LogP contribution in [-0.4, -0.2) is 24.9 Å². The van der Waals surface area contributed by atoms with Crippen molar-refractivity contribution in [2.45, 2.75) is 26.7 Å². The summed E-state index contributed by atoms with van der Waals surface area (Å²) in [4.78, 5) is 37.5. The minimum atomic E-state index is -1.11. The van der Waals surface area contributed by atoms with E-state index in [1.54, 1.807) is 24.3 Å². The molecule has 6 nitrogen and oxygen atoms in total. The lowest BCUT2D eigenvalue weighted by atomic mass is 10.0. The summed E-state index contributed by atoms with van der Waals surface area (Å²) < 4.78 is 4.74. The summed E-state index contributed by atoms with van der Waals surface area (Å²) in [6.45, 7) is 3.89. The first-order valence-electron chi connectivity index (χ1n) is 8.75. The largest absolute Gasteiger partial charge is 0.465 e. The van der Waals surface area contributed by atoms with Crippen molar-refractivity contribution in [1.82, 2.24) is 0 Å². The molecular formula is C21H22N2O4. The van der Waals surface area contributed by atoms with E-state index in [0.717, 1.165) is 11.1 Å². The number of amides is 2. The van der Waals surface area contributed by atoms with Crippen molar-refractivity contribution in [3.8, 4) is 0 Å². The molecule has 0 radical (unpaired) electrons. The van der Waals surface area contributed by atoms with Gasteiger partial charge in [0.1, 0.15) is 5.41 Å². The van der Waals surface area contributed by atoms with Crippen molar-refractivity contribution >= 4 is 29.2 Å². The van der Waals surface area contributed by atoms with Gasteiger partial charge >= 0.3 is 5.97 Å². The second kappa shape index (κ2) is 7.23. The Bertz CT molecular complexity index is 916. The first-order valence-corrected chi connectivity index (χ1v) is 8.75. The van der Waals surface area contributed by atoms with Crippen molar-refractivity contribution in [3.63, 3.8) is 0 Å². The minimum Gasteiger partial charge on any atom is -0.465 e. The van der Waals surface area contributed by atoms with Crippen LogP contribution in [0, 0.1) is 19.3 Å². The SMILES string of the molecule is COC(=O)c1ccccc1NC(=O)C1(C(=O)Nc2ccc(C)cc2C)CC1. The Labute approximate surface area is 157 Å². The first kappa shape index (κ1) is 18.6. The maximum Gasteiger partial charge on any atom is 0.339 e. The third-order valence-corrected chi connectivity index (χ3v) is 4.83. The van der Waals surface area contributed by atoms with Gasteiger partial charge in [-0.1, -0.05) is 29.8 Å². The summed E-state index contributed by atoms with van der Waals surface area (Å²) in [6, 6.07) is 12.3. The standard InChI is InChI=1S/C21H22N2O4/c1-13-8-9-16(14(2)12-13)22-19(25)21(10-11-21)20(26)23-17-7-5-4-6-15(17)18(24)27-3/h4-9,12H,10-11H2,1-3H3,(H,22,25)(H,23,26). The molecule has 0 unspecified atom stereocenters. The fourth-order valence-corrected chi connectivity index (χ4v) is 3.00. The molecule has 2 amide bonds. The number of esters is 1. The molecule has 0 bridgehead atoms. The van der Waals surface area contributed by atoms with Crippen molar-refractivity contribution in [1.29, 1.82) is 0 Å². The number of anilines is 2. The highest BCUT2D eigenvalue weighted by Crippen LogP contribution is 2.47. The fraction of sp³-hybridized carbons (Fsp3) is 0.286. The van der Waals surface area contributed by atoms with Gasteiger partial charge < -0.3 is 15.4 Å². The number of benzene rings is 2. The topological polar surface area (TPSA) is 84.5 Å². The molecule has 3 rings (SSSR count). The van der Waals surface area contributed by atoms with Crippen LogP contribution in [0.4, 0.5) is 11.4 Å². The molecule has 0 atom stereocenters. The van der Waals surface area contributed by atoms with E-state index in [2.05, 4.69) is 10.6 Å². The molecule has 0 spiro atoms. The minimum absolute atomic E-state index is 0.249. The van der Waals surface area contributed by atoms with E-state index in [-0.39, 0.29) is 11.5 Å². The zero-order valence-electron chi connectivity index (χ0n) is 15.6. The quantitative estimate of drug-likeness (QED) is 0.627. The van der Waals surface area contributed by atoms with E-state index in [4.69, 9.17) is 4.74 Å². The Morgan fingerprint density at radius 3 is 2.15 bits per heavy atom. The van der Waals surface area contributed by atoms with Crippen LogP contribution in [0.1, 0.15) is 34.3 Å². The highest BCUT2D eigenvalue weighted by atomic mass is 16.5. The number of ether oxygens (including phenoxy) is 1. The Morgan fingerprint density at radius 1 is 0.926 bits per heavy atom. The van der Waals surface area contributed by atoms with Crippen LogP contribution < -0.4 is 10.6 Å². The number of hydrogen-bond acceptors (Lipinski definition) is 4. The number of hydrogen-bond donors (Lipinski definition) is 2. The van der Waals surface area contributed by atoms with Crippen LogP contribution in [0.3, 0.4) is 0 Å². The maximum absolute atomic E-state index is 12.8. The number of methoxy groups -OCH3 is 1. The molecule has 140 valence electrons. The van der Waals surface area contributed by atoms with Crippen molar-refractivity contribution in [2.75, 3.05) is 17.7 Å². The second-order valence-electron chi connectivity index (χ2n) is 6.85. The zero-order valence-corrected chi connectivity index (χ0v) is 15.6. The predicted molar refractivity (Wildman–Crippen MR) is 103 cm³/mol. The number of rotatable bonds is 5. The average molecular weight is 366 g/mol. The molecule has 0 aliphatic heterocycles. The number of nitrogens with one attached hydrogen (secondary N) is 2. The number of carbonyl (C=O) groups excluding carboxylic acids is 3. The molecule has 2 aromatic carbocycles. The van der Waals surface area contributed by atoms with Crippen molar-refractivity contribution < 1.29 is 19.1 Å². The smallest absolute Gasteiger partial charge is 0.339 e. The third-order valence-electron chi connectivity index (χ3n) is 4.83. The molecule has 1 fully saturated rings. The lowest BCUT2D eigenvalue weighted by Gasteiger charge is -2.17. The highest BCUT2D eigenvalue weighted by Gasteiger charge is 2.56. The summed E-state index contributed by atoms with van der Waals surface area (Å²) in [5.74, 6) is -1.29. The third kappa shape index (κ3) is 3.69. The Balaban J connectivity index is 1.77. The van der Waals surface area contributed by atoms with E-state index in [1.165, 1.54) is 7.11 Å². The summed E-state index contributed by atoms with van der Waals surface area (Å²) >= 11 is 0. The van der Waals surface area contributed by atoms with Gasteiger partial charge in [0.15, 0.2) is 0 Å². The van der Waals surface area contributed by atoms with Crippen LogP contribution in [0.25, 0.3) is 0 Å². The van der Waals surface area contributed by atoms with Gasteiger partial charge in [-0.05, 0) is 50.5 Å². The summed E-state index contributed by atoms with van der Waals surface area (Å²) in [5, 5.41) is 5.58. The molecule has 0 aromatic heterocycles. The van der Waals surface area contributed by atoms with Gasteiger partial charge in [0.2, 0.25) is 11.8 Å². The Hall–Kier alpha value is -3.15. The zero-order chi connectivity index (χ0) is 19.6. The van der Waals surface area contributed by atoms with Crippen LogP contribution in [-0.2, 0) is 14.3 Å². The summed E-state index contributed by atoms with van der Waals surface area (Å²) in [5.41, 5.74) is 2.21. The van der Waals surface area contributed by atoms with Gasteiger partial charge in [-0.25, -0.2) is 4.79 Å². The average Bonchev–Trinajstić information content (AvgIpc) is 3.46. The Morgan fingerprint density at radius 2 is 1.56 bits per heavy atom. The Kier molecular flexibility index (Phi) is 4.99. The molecule has 0 heterocycles. The molecule has 1 aliphatic rings. The second-order valence-corrected chi connectivity index (χ2v) is 6.85. The van der Waals surface area contributed by atoms with Crippen LogP contribution in [0.2, 0.25) is 0 Å². The van der Waals surface area contributed by atoms with Gasteiger partial charge in [0, 0.05) is 5.69 Å². The van der Waals surface area contributed by atoms with E-state index >= 15 is 0 Å². The molecule has 2 N–H and O–H groups in total. The number of carbonyl (C=O) groups is 3. The van der Waals surface area contributed by atoms with Gasteiger partial charge in [-0.2, -0.15) is 0 Å². The molecule has 27 heavy (non-hydrogen) atoms. The lowest BCUT2D eigenvalue weighted by molar-refractivity contribution is -0.131. The first-order chi connectivity index (χ1) is 12.9. The fourth-order valence-electron chi connectivity index (χ4n) is 3.00. The van der Waals surface area contributed by atoms with Gasteiger partial charge in [-0.3, -0.25) is 9.59 Å². The highest BCUT2D eigenvalue weighted by molar-refractivity contribution is 6.17. The normalized spacial score (nSPS) is 14.2. The molecular weight excluding hydrogens is 344 g/mol. The van der Waals surface area contributed by atoms with Crippen LogP contribution in [0.15, 0.2) is 42.5 Å². The van der Waals surface area contributed by atoms with Crippen molar-refractivity contribution in [2.24, 2.45) is 5.41 Å². The molecule has 0 saturated heterocycles. The summed E-state index contributed by atoms with van der Waals surface area (Å²) in [7, 11) is 1.28. The van der Waals surface area contributed by atoms with E-state index < -0.39 is 17.3 Å².